The largest absolute Gasteiger partial charge is 0.338 e. The van der Waals surface area contributed by atoms with Crippen molar-refractivity contribution in [1.29, 1.82) is 0 Å². The van der Waals surface area contributed by atoms with Gasteiger partial charge in [-0.1, -0.05) is 28.9 Å². The van der Waals surface area contributed by atoms with Crippen LogP contribution in [0, 0.1) is 0 Å². The molecular weight excluding hydrogens is 288 g/mol. The average Bonchev–Trinajstić information content (AvgIpc) is 3.24. The third kappa shape index (κ3) is 3.43. The van der Waals surface area contributed by atoms with E-state index >= 15 is 0 Å². The van der Waals surface area contributed by atoms with Crippen LogP contribution in [-0.4, -0.2) is 21.1 Å². The number of rotatable bonds is 6. The molecule has 2 aromatic rings. The highest BCUT2D eigenvalue weighted by Crippen LogP contribution is 2.35. The summed E-state index contributed by atoms with van der Waals surface area (Å²) in [5.74, 6) is 1.18. The molecule has 21 heavy (non-hydrogen) atoms. The molecule has 1 unspecified atom stereocenters. The molecule has 1 aliphatic rings. The summed E-state index contributed by atoms with van der Waals surface area (Å²) in [6.07, 6.45) is 2.44. The van der Waals surface area contributed by atoms with E-state index in [1.165, 1.54) is 18.4 Å². The summed E-state index contributed by atoms with van der Waals surface area (Å²) in [4.78, 5) is 6.71. The fraction of sp³-hybridized carbons (Fsp3) is 0.467. The predicted octanol–water partition coefficient (Wildman–Crippen LogP) is 2.91. The van der Waals surface area contributed by atoms with E-state index in [2.05, 4.69) is 34.1 Å². The zero-order valence-corrected chi connectivity index (χ0v) is 12.8. The normalized spacial score (nSPS) is 16.4. The van der Waals surface area contributed by atoms with E-state index < -0.39 is 0 Å². The highest BCUT2D eigenvalue weighted by atomic mass is 35.5. The first kappa shape index (κ1) is 14.5. The predicted molar refractivity (Wildman–Crippen MR) is 80.6 cm³/mol. The Morgan fingerprint density at radius 1 is 1.38 bits per heavy atom. The van der Waals surface area contributed by atoms with E-state index in [9.17, 15) is 0 Å². The number of nitrogens with zero attached hydrogens (tertiary/aromatic N) is 3. The zero-order valence-electron chi connectivity index (χ0n) is 12.0. The maximum Gasteiger partial charge on any atom is 0.240 e. The van der Waals surface area contributed by atoms with Gasteiger partial charge in [-0.25, -0.2) is 0 Å². The molecule has 6 heteroatoms. The maximum absolute atomic E-state index is 5.96. The van der Waals surface area contributed by atoms with Crippen LogP contribution in [0.3, 0.4) is 0 Å². The molecule has 1 atom stereocenters. The Bertz CT molecular complexity index is 594. The van der Waals surface area contributed by atoms with E-state index in [0.29, 0.717) is 24.3 Å². The van der Waals surface area contributed by atoms with Crippen molar-refractivity contribution < 1.29 is 4.52 Å². The fourth-order valence-corrected chi connectivity index (χ4v) is 2.65. The lowest BCUT2D eigenvalue weighted by molar-refractivity contribution is 0.183. The summed E-state index contributed by atoms with van der Waals surface area (Å²) in [6, 6.07) is 8.89. The number of halogens is 1. The lowest BCUT2D eigenvalue weighted by Crippen LogP contribution is -2.29. The number of hydrogen-bond donors (Lipinski definition) is 1. The zero-order chi connectivity index (χ0) is 14.8. The quantitative estimate of drug-likeness (QED) is 0.888. The first-order chi connectivity index (χ1) is 10.2. The van der Waals surface area contributed by atoms with Crippen molar-refractivity contribution in [1.82, 2.24) is 15.0 Å². The molecule has 2 N–H and O–H groups in total. The van der Waals surface area contributed by atoms with E-state index in [0.717, 1.165) is 5.02 Å². The topological polar surface area (TPSA) is 68.2 Å². The van der Waals surface area contributed by atoms with Crippen molar-refractivity contribution in [3.05, 3.63) is 46.6 Å². The molecule has 1 fully saturated rings. The maximum atomic E-state index is 5.96. The molecule has 1 heterocycles. The van der Waals surface area contributed by atoms with Gasteiger partial charge in [-0.2, -0.15) is 4.98 Å². The minimum Gasteiger partial charge on any atom is -0.338 e. The first-order valence-corrected chi connectivity index (χ1v) is 7.58. The Labute approximate surface area is 129 Å². The lowest BCUT2D eigenvalue weighted by atomic mass is 10.1. The standard InChI is InChI=1S/C15H19ClN4O/c1-10(11-2-4-12(16)5-3-11)20(13-6-7-13)9-14-18-15(8-17)21-19-14/h2-5,10,13H,6-9,17H2,1H3. The molecule has 112 valence electrons. The van der Waals surface area contributed by atoms with E-state index in [-0.39, 0.29) is 12.6 Å². The molecule has 5 nitrogen and oxygen atoms in total. The Morgan fingerprint density at radius 3 is 2.67 bits per heavy atom. The van der Waals surface area contributed by atoms with Crippen molar-refractivity contribution in [2.75, 3.05) is 0 Å². The molecule has 1 aliphatic carbocycles. The summed E-state index contributed by atoms with van der Waals surface area (Å²) in [6.45, 7) is 3.16. The van der Waals surface area contributed by atoms with Crippen LogP contribution >= 0.6 is 11.6 Å². The van der Waals surface area contributed by atoms with Gasteiger partial charge in [0.15, 0.2) is 5.82 Å². The van der Waals surface area contributed by atoms with E-state index in [4.69, 9.17) is 21.9 Å². The SMILES string of the molecule is CC(c1ccc(Cl)cc1)N(Cc1noc(CN)n1)C1CC1. The van der Waals surface area contributed by atoms with E-state index in [1.807, 2.05) is 12.1 Å². The summed E-state index contributed by atoms with van der Waals surface area (Å²) in [5.41, 5.74) is 6.75. The van der Waals surface area contributed by atoms with Crippen molar-refractivity contribution in [3.63, 3.8) is 0 Å². The minimum atomic E-state index is 0.281. The Kier molecular flexibility index (Phi) is 4.24. The van der Waals surface area contributed by atoms with Crippen LogP contribution in [0.15, 0.2) is 28.8 Å². The number of nitrogens with two attached hydrogens (primary N) is 1. The molecule has 1 aromatic carbocycles. The molecule has 0 saturated heterocycles. The Hall–Kier alpha value is -1.43. The van der Waals surface area contributed by atoms with Crippen molar-refractivity contribution in [2.24, 2.45) is 5.73 Å². The van der Waals surface area contributed by atoms with Gasteiger partial charge < -0.3 is 10.3 Å². The van der Waals surface area contributed by atoms with Crippen molar-refractivity contribution in [2.45, 2.75) is 44.9 Å². The molecule has 0 bridgehead atoms. The third-order valence-corrected chi connectivity index (χ3v) is 4.13. The second-order valence-corrected chi connectivity index (χ2v) is 5.88. The average molecular weight is 307 g/mol. The number of hydrogen-bond acceptors (Lipinski definition) is 5. The van der Waals surface area contributed by atoms with Crippen LogP contribution in [0.2, 0.25) is 5.02 Å². The minimum absolute atomic E-state index is 0.281. The van der Waals surface area contributed by atoms with Crippen LogP contribution < -0.4 is 5.73 Å². The monoisotopic (exact) mass is 306 g/mol. The van der Waals surface area contributed by atoms with E-state index in [1.54, 1.807) is 0 Å². The third-order valence-electron chi connectivity index (χ3n) is 3.87. The van der Waals surface area contributed by atoms with Gasteiger partial charge in [-0.15, -0.1) is 0 Å². The molecule has 1 saturated carbocycles. The summed E-state index contributed by atoms with van der Waals surface area (Å²) in [7, 11) is 0. The number of aromatic nitrogens is 2. The van der Waals surface area contributed by atoms with Gasteiger partial charge in [-0.3, -0.25) is 4.90 Å². The highest BCUT2D eigenvalue weighted by molar-refractivity contribution is 6.30. The van der Waals surface area contributed by atoms with Crippen molar-refractivity contribution >= 4 is 11.6 Å². The molecule has 0 aliphatic heterocycles. The molecule has 0 amide bonds. The molecular formula is C15H19ClN4O. The first-order valence-electron chi connectivity index (χ1n) is 7.20. The van der Waals surface area contributed by atoms with Crippen LogP contribution in [0.5, 0.6) is 0 Å². The van der Waals surface area contributed by atoms with Crippen LogP contribution in [0.25, 0.3) is 0 Å². The van der Waals surface area contributed by atoms with Gasteiger partial charge in [-0.05, 0) is 37.5 Å². The van der Waals surface area contributed by atoms with Gasteiger partial charge in [0.05, 0.1) is 13.1 Å². The van der Waals surface area contributed by atoms with Crippen molar-refractivity contribution in [3.8, 4) is 0 Å². The smallest absolute Gasteiger partial charge is 0.240 e. The van der Waals surface area contributed by atoms with Crippen LogP contribution in [0.1, 0.15) is 43.1 Å². The fourth-order valence-electron chi connectivity index (χ4n) is 2.52. The second kappa shape index (κ2) is 6.13. The van der Waals surface area contributed by atoms with Crippen LogP contribution in [0.4, 0.5) is 0 Å². The molecule has 0 radical (unpaired) electrons. The summed E-state index contributed by atoms with van der Waals surface area (Å²) >= 11 is 5.96. The van der Waals surface area contributed by atoms with Gasteiger partial charge in [0.2, 0.25) is 5.89 Å². The number of benzene rings is 1. The van der Waals surface area contributed by atoms with Gasteiger partial charge in [0.1, 0.15) is 0 Å². The van der Waals surface area contributed by atoms with Gasteiger partial charge in [0.25, 0.3) is 0 Å². The van der Waals surface area contributed by atoms with Gasteiger partial charge >= 0.3 is 0 Å². The molecule has 0 spiro atoms. The highest BCUT2D eigenvalue weighted by Gasteiger charge is 2.33. The van der Waals surface area contributed by atoms with Gasteiger partial charge in [0, 0.05) is 17.1 Å². The Balaban J connectivity index is 1.76. The molecule has 3 rings (SSSR count). The Morgan fingerprint density at radius 2 is 2.10 bits per heavy atom. The summed E-state index contributed by atoms with van der Waals surface area (Å²) in [5, 5.41) is 4.76. The summed E-state index contributed by atoms with van der Waals surface area (Å²) < 4.78 is 5.09. The van der Waals surface area contributed by atoms with Crippen LogP contribution in [-0.2, 0) is 13.1 Å². The lowest BCUT2D eigenvalue weighted by Gasteiger charge is -2.28. The second-order valence-electron chi connectivity index (χ2n) is 5.44. The molecule has 1 aromatic heterocycles.